The van der Waals surface area contributed by atoms with Gasteiger partial charge in [-0.2, -0.15) is 0 Å². The highest BCUT2D eigenvalue weighted by Crippen LogP contribution is 2.09. The molecule has 0 aromatic rings. The van der Waals surface area contributed by atoms with Gasteiger partial charge >= 0.3 is 5.97 Å². The zero-order valence-electron chi connectivity index (χ0n) is 17.0. The van der Waals surface area contributed by atoms with E-state index in [1.165, 1.54) is 44.6 Å². The second-order valence-electron chi connectivity index (χ2n) is 7.81. The molecule has 0 bridgehead atoms. The predicted octanol–water partition coefficient (Wildman–Crippen LogP) is 3.00. The van der Waals surface area contributed by atoms with Gasteiger partial charge in [-0.1, -0.05) is 63.7 Å². The van der Waals surface area contributed by atoms with Crippen molar-refractivity contribution in [2.75, 3.05) is 27.7 Å². The largest absolute Gasteiger partial charge is 0.550 e. The number of hydrogen-bond donors (Lipinski definition) is 0. The number of esters is 1. The molecule has 0 fully saturated rings. The standard InChI is InChI=1S/C21H37NO4/c1-5-6-7-8-9-10-11-12-13-14-15-16-21(25)26-19(17-20(23)24)18-22(2,3)4/h13-16,19H,5-12,17-18H2,1-4H3/t19-/m1/s1. The predicted molar refractivity (Wildman–Crippen MR) is 103 cm³/mol. The molecule has 0 aromatic heterocycles. The van der Waals surface area contributed by atoms with Crippen LogP contribution in [-0.2, 0) is 14.3 Å². The lowest BCUT2D eigenvalue weighted by atomic mass is 10.1. The van der Waals surface area contributed by atoms with Crippen molar-refractivity contribution in [3.8, 4) is 0 Å². The minimum Gasteiger partial charge on any atom is -0.550 e. The third-order valence-electron chi connectivity index (χ3n) is 3.88. The molecule has 5 nitrogen and oxygen atoms in total. The number of carbonyl (C=O) groups excluding carboxylic acids is 2. The van der Waals surface area contributed by atoms with Crippen molar-refractivity contribution in [1.82, 2.24) is 0 Å². The molecule has 0 saturated heterocycles. The molecule has 26 heavy (non-hydrogen) atoms. The van der Waals surface area contributed by atoms with Crippen LogP contribution in [0.1, 0.15) is 64.7 Å². The van der Waals surface area contributed by atoms with Gasteiger partial charge in [-0.25, -0.2) is 4.79 Å². The van der Waals surface area contributed by atoms with E-state index in [4.69, 9.17) is 4.74 Å². The highest BCUT2D eigenvalue weighted by Gasteiger charge is 2.21. The average molecular weight is 368 g/mol. The number of quaternary nitrogens is 1. The van der Waals surface area contributed by atoms with Crippen molar-refractivity contribution in [3.05, 3.63) is 24.3 Å². The maximum absolute atomic E-state index is 11.8. The van der Waals surface area contributed by atoms with E-state index in [1.807, 2.05) is 33.3 Å². The fourth-order valence-electron chi connectivity index (χ4n) is 2.67. The summed E-state index contributed by atoms with van der Waals surface area (Å²) in [6.07, 6.45) is 15.9. The number of carboxylic acid groups (broad SMARTS) is 1. The van der Waals surface area contributed by atoms with Gasteiger partial charge in [0.25, 0.3) is 0 Å². The van der Waals surface area contributed by atoms with Crippen LogP contribution in [0.2, 0.25) is 0 Å². The molecule has 0 heterocycles. The minimum absolute atomic E-state index is 0.288. The Bertz CT molecular complexity index is 449. The number of hydrogen-bond acceptors (Lipinski definition) is 4. The SMILES string of the molecule is CCCCCCCCCC=CC=CC(=O)O[C@H](CC(=O)[O-])C[N+](C)(C)C. The molecule has 5 heteroatoms. The van der Waals surface area contributed by atoms with Crippen LogP contribution >= 0.6 is 0 Å². The monoisotopic (exact) mass is 367 g/mol. The van der Waals surface area contributed by atoms with Crippen LogP contribution in [0.25, 0.3) is 0 Å². The van der Waals surface area contributed by atoms with E-state index in [9.17, 15) is 14.7 Å². The fraction of sp³-hybridized carbons (Fsp3) is 0.714. The minimum atomic E-state index is -1.21. The van der Waals surface area contributed by atoms with Crippen molar-refractivity contribution in [2.45, 2.75) is 70.8 Å². The van der Waals surface area contributed by atoms with Crippen molar-refractivity contribution in [2.24, 2.45) is 0 Å². The molecule has 0 aliphatic carbocycles. The van der Waals surface area contributed by atoms with Gasteiger partial charge in [0.05, 0.1) is 21.1 Å². The summed E-state index contributed by atoms with van der Waals surface area (Å²) in [5.41, 5.74) is 0. The number of likely N-dealkylation sites (N-methyl/N-ethyl adjacent to an activating group) is 1. The van der Waals surface area contributed by atoms with Crippen LogP contribution in [-0.4, -0.2) is 50.2 Å². The Morgan fingerprint density at radius 2 is 1.62 bits per heavy atom. The molecule has 0 N–H and O–H groups in total. The summed E-state index contributed by atoms with van der Waals surface area (Å²) in [5.74, 6) is -1.74. The van der Waals surface area contributed by atoms with Gasteiger partial charge in [-0.3, -0.25) is 0 Å². The second-order valence-corrected chi connectivity index (χ2v) is 7.81. The normalized spacial score (nSPS) is 13.4. The summed E-state index contributed by atoms with van der Waals surface area (Å²) >= 11 is 0. The first kappa shape index (κ1) is 24.4. The molecular weight excluding hydrogens is 330 g/mol. The zero-order chi connectivity index (χ0) is 19.8. The highest BCUT2D eigenvalue weighted by molar-refractivity contribution is 5.82. The Kier molecular flexibility index (Phi) is 13.6. The first-order valence-corrected chi connectivity index (χ1v) is 9.78. The van der Waals surface area contributed by atoms with Gasteiger partial charge < -0.3 is 19.1 Å². The lowest BCUT2D eigenvalue weighted by Crippen LogP contribution is -2.45. The quantitative estimate of drug-likeness (QED) is 0.147. The molecule has 0 aliphatic rings. The molecular formula is C21H37NO4. The van der Waals surface area contributed by atoms with Gasteiger partial charge in [-0.15, -0.1) is 0 Å². The molecule has 0 saturated carbocycles. The fourth-order valence-corrected chi connectivity index (χ4v) is 2.67. The first-order valence-electron chi connectivity index (χ1n) is 9.78. The molecule has 0 radical (unpaired) electrons. The van der Waals surface area contributed by atoms with Gasteiger partial charge in [0, 0.05) is 18.5 Å². The van der Waals surface area contributed by atoms with E-state index in [0.29, 0.717) is 11.0 Å². The van der Waals surface area contributed by atoms with Crippen LogP contribution in [0.3, 0.4) is 0 Å². The summed E-state index contributed by atoms with van der Waals surface area (Å²) in [7, 11) is 5.75. The van der Waals surface area contributed by atoms with E-state index < -0.39 is 18.0 Å². The molecule has 0 spiro atoms. The number of rotatable bonds is 15. The first-order chi connectivity index (χ1) is 12.2. The molecule has 150 valence electrons. The summed E-state index contributed by atoms with van der Waals surface area (Å²) in [6.45, 7) is 2.64. The number of unbranched alkanes of at least 4 members (excludes halogenated alkanes) is 7. The topological polar surface area (TPSA) is 66.4 Å². The second kappa shape index (κ2) is 14.5. The Labute approximate surface area is 159 Å². The van der Waals surface area contributed by atoms with E-state index in [1.54, 1.807) is 6.08 Å². The third-order valence-corrected chi connectivity index (χ3v) is 3.88. The maximum Gasteiger partial charge on any atom is 0.331 e. The van der Waals surface area contributed by atoms with E-state index in [0.717, 1.165) is 12.8 Å². The zero-order valence-corrected chi connectivity index (χ0v) is 17.0. The highest BCUT2D eigenvalue weighted by atomic mass is 16.5. The van der Waals surface area contributed by atoms with Gasteiger partial charge in [0.2, 0.25) is 0 Å². The average Bonchev–Trinajstić information content (AvgIpc) is 2.50. The smallest absolute Gasteiger partial charge is 0.331 e. The molecule has 1 atom stereocenters. The molecule has 0 aliphatic heterocycles. The van der Waals surface area contributed by atoms with Gasteiger partial charge in [0.1, 0.15) is 6.54 Å². The van der Waals surface area contributed by atoms with E-state index in [-0.39, 0.29) is 6.42 Å². The Morgan fingerprint density at radius 3 is 2.19 bits per heavy atom. The van der Waals surface area contributed by atoms with Crippen molar-refractivity contribution < 1.29 is 23.9 Å². The number of nitrogens with zero attached hydrogens (tertiary/aromatic N) is 1. The Hall–Kier alpha value is -1.62. The van der Waals surface area contributed by atoms with Crippen molar-refractivity contribution >= 4 is 11.9 Å². The Balaban J connectivity index is 4.02. The summed E-state index contributed by atoms with van der Waals surface area (Å²) in [6, 6.07) is 0. The number of carboxylic acids is 1. The number of allylic oxidation sites excluding steroid dienone is 3. The molecule has 0 amide bonds. The lowest BCUT2D eigenvalue weighted by molar-refractivity contribution is -0.873. The molecule has 0 rings (SSSR count). The maximum atomic E-state index is 11.8. The van der Waals surface area contributed by atoms with Crippen molar-refractivity contribution in [1.29, 1.82) is 0 Å². The van der Waals surface area contributed by atoms with Gasteiger partial charge in [-0.05, 0) is 12.8 Å². The molecule has 0 unspecified atom stereocenters. The van der Waals surface area contributed by atoms with E-state index >= 15 is 0 Å². The molecule has 0 aromatic carbocycles. The van der Waals surface area contributed by atoms with Crippen LogP contribution in [0, 0.1) is 0 Å². The lowest BCUT2D eigenvalue weighted by Gasteiger charge is -2.28. The van der Waals surface area contributed by atoms with Crippen LogP contribution in [0.15, 0.2) is 24.3 Å². The van der Waals surface area contributed by atoms with E-state index in [2.05, 4.69) is 6.92 Å². The number of ether oxygens (including phenoxy) is 1. The number of aliphatic carboxylic acids is 1. The third kappa shape index (κ3) is 17.2. The van der Waals surface area contributed by atoms with Crippen molar-refractivity contribution in [3.63, 3.8) is 0 Å². The van der Waals surface area contributed by atoms with Gasteiger partial charge in [0.15, 0.2) is 6.10 Å². The van der Waals surface area contributed by atoms with Crippen LogP contribution < -0.4 is 5.11 Å². The van der Waals surface area contributed by atoms with Crippen LogP contribution in [0.5, 0.6) is 0 Å². The summed E-state index contributed by atoms with van der Waals surface area (Å²) < 4.78 is 5.74. The number of carbonyl (C=O) groups is 2. The van der Waals surface area contributed by atoms with Crippen LogP contribution in [0.4, 0.5) is 0 Å². The summed E-state index contributed by atoms with van der Waals surface area (Å²) in [4.78, 5) is 22.6. The summed E-state index contributed by atoms with van der Waals surface area (Å²) in [5, 5.41) is 10.8. The Morgan fingerprint density at radius 1 is 1.00 bits per heavy atom.